The number of nitrogens with zero attached hydrogens (tertiary/aromatic N) is 3. The van der Waals surface area contributed by atoms with E-state index in [-0.39, 0.29) is 41.2 Å². The number of nitrogens with one attached hydrogen (secondary N) is 2. The minimum atomic E-state index is -0.194. The lowest BCUT2D eigenvalue weighted by Gasteiger charge is -2.37. The number of allylic oxidation sites excluding steroid dienone is 7. The second-order valence-electron chi connectivity index (χ2n) is 9.30. The van der Waals surface area contributed by atoms with Gasteiger partial charge >= 0.3 is 0 Å². The van der Waals surface area contributed by atoms with Crippen molar-refractivity contribution in [3.63, 3.8) is 0 Å². The molecular formula is C24H31ClFN5. The molecule has 6 unspecified atom stereocenters. The molecule has 5 rings (SSSR count). The summed E-state index contributed by atoms with van der Waals surface area (Å²) >= 11 is 6.44. The fourth-order valence-electron chi connectivity index (χ4n) is 5.59. The van der Waals surface area contributed by atoms with Gasteiger partial charge < -0.3 is 10.6 Å². The first kappa shape index (κ1) is 21.0. The number of fused-ring (bicyclic) bond motifs is 3. The highest BCUT2D eigenvalue weighted by Crippen LogP contribution is 2.42. The average molecular weight is 444 g/mol. The Bertz CT molecular complexity index is 917. The van der Waals surface area contributed by atoms with Crippen LogP contribution in [0.4, 0.5) is 4.39 Å². The lowest BCUT2D eigenvalue weighted by Crippen LogP contribution is -2.42. The number of hydrogen-bond acceptors (Lipinski definition) is 5. The quantitative estimate of drug-likeness (QED) is 0.628. The Morgan fingerprint density at radius 2 is 2.13 bits per heavy atom. The van der Waals surface area contributed by atoms with Crippen LogP contribution in [-0.4, -0.2) is 48.1 Å². The van der Waals surface area contributed by atoms with Gasteiger partial charge in [0.2, 0.25) is 0 Å². The molecule has 3 aliphatic heterocycles. The highest BCUT2D eigenvalue weighted by atomic mass is 35.5. The Hall–Kier alpha value is -1.92. The maximum absolute atomic E-state index is 14.8. The topological polar surface area (TPSA) is 52.0 Å². The Balaban J connectivity index is 1.48. The van der Waals surface area contributed by atoms with Crippen LogP contribution in [0.1, 0.15) is 33.1 Å². The van der Waals surface area contributed by atoms with E-state index in [0.29, 0.717) is 5.70 Å². The van der Waals surface area contributed by atoms with E-state index < -0.39 is 0 Å². The molecule has 0 spiro atoms. The number of rotatable bonds is 3. The maximum Gasteiger partial charge on any atom is 0.142 e. The molecule has 0 saturated carbocycles. The van der Waals surface area contributed by atoms with Crippen LogP contribution in [0.15, 0.2) is 69.0 Å². The standard InChI is InChI=1S/C24H31ClFN5/c1-14-20(25)5-6-21(26)23(14)28-22-9-12-31-24(15(2)29-30-31)18-4-3-17(13-19(18)22)16-7-10-27-11-8-16/h3-7,14-15,19-20,22,24,27-28H,8-13H2,1-2H3. The van der Waals surface area contributed by atoms with Gasteiger partial charge in [-0.2, -0.15) is 5.11 Å². The van der Waals surface area contributed by atoms with Crippen molar-refractivity contribution in [1.29, 1.82) is 0 Å². The second kappa shape index (κ2) is 8.55. The third-order valence-corrected chi connectivity index (χ3v) is 7.93. The zero-order valence-corrected chi connectivity index (χ0v) is 18.9. The third kappa shape index (κ3) is 3.89. The predicted molar refractivity (Wildman–Crippen MR) is 122 cm³/mol. The minimum absolute atomic E-state index is 0.0773. The van der Waals surface area contributed by atoms with Crippen LogP contribution >= 0.6 is 11.6 Å². The summed E-state index contributed by atoms with van der Waals surface area (Å²) in [5, 5.41) is 17.9. The van der Waals surface area contributed by atoms with Crippen LogP contribution in [0, 0.1) is 11.8 Å². The molecule has 5 aliphatic rings. The third-order valence-electron chi connectivity index (χ3n) is 7.40. The highest BCUT2D eigenvalue weighted by molar-refractivity contribution is 6.22. The van der Waals surface area contributed by atoms with Crippen LogP contribution in [0.3, 0.4) is 0 Å². The van der Waals surface area contributed by atoms with Crippen LogP contribution < -0.4 is 10.6 Å². The molecule has 0 radical (unpaired) electrons. The normalized spacial score (nSPS) is 37.5. The van der Waals surface area contributed by atoms with Crippen molar-refractivity contribution in [2.45, 2.75) is 56.6 Å². The molecule has 166 valence electrons. The first-order chi connectivity index (χ1) is 15.0. The molecule has 0 aromatic rings. The molecule has 5 nitrogen and oxygen atoms in total. The van der Waals surface area contributed by atoms with E-state index in [1.807, 2.05) is 6.92 Å². The summed E-state index contributed by atoms with van der Waals surface area (Å²) in [6, 6.07) is 0.462. The molecule has 6 atom stereocenters. The summed E-state index contributed by atoms with van der Waals surface area (Å²) in [7, 11) is 0. The van der Waals surface area contributed by atoms with Gasteiger partial charge in [0.05, 0.1) is 23.2 Å². The summed E-state index contributed by atoms with van der Waals surface area (Å²) < 4.78 is 14.8. The largest absolute Gasteiger partial charge is 0.382 e. The van der Waals surface area contributed by atoms with E-state index >= 15 is 0 Å². The molecule has 31 heavy (non-hydrogen) atoms. The molecule has 2 N–H and O–H groups in total. The Morgan fingerprint density at radius 1 is 1.26 bits per heavy atom. The van der Waals surface area contributed by atoms with Crippen molar-refractivity contribution in [1.82, 2.24) is 15.6 Å². The zero-order valence-electron chi connectivity index (χ0n) is 18.2. The molecule has 0 amide bonds. The summed E-state index contributed by atoms with van der Waals surface area (Å²) in [5.41, 5.74) is 4.87. The molecular weight excluding hydrogens is 413 g/mol. The van der Waals surface area contributed by atoms with Crippen LogP contribution in [0.25, 0.3) is 0 Å². The van der Waals surface area contributed by atoms with Gasteiger partial charge in [0.25, 0.3) is 0 Å². The maximum atomic E-state index is 14.8. The van der Waals surface area contributed by atoms with E-state index in [9.17, 15) is 4.39 Å². The lowest BCUT2D eigenvalue weighted by molar-refractivity contribution is 0.254. The fourth-order valence-corrected chi connectivity index (χ4v) is 5.79. The van der Waals surface area contributed by atoms with Crippen LogP contribution in [0.5, 0.6) is 0 Å². The Kier molecular flexibility index (Phi) is 5.78. The first-order valence-corrected chi connectivity index (χ1v) is 11.9. The minimum Gasteiger partial charge on any atom is -0.382 e. The van der Waals surface area contributed by atoms with Gasteiger partial charge in [-0.05, 0) is 55.5 Å². The van der Waals surface area contributed by atoms with E-state index in [2.05, 4.69) is 51.1 Å². The first-order valence-electron chi connectivity index (χ1n) is 11.5. The van der Waals surface area contributed by atoms with Gasteiger partial charge in [0.15, 0.2) is 0 Å². The molecule has 1 fully saturated rings. The van der Waals surface area contributed by atoms with Crippen LogP contribution in [-0.2, 0) is 0 Å². The SMILES string of the molecule is CC1N=NN2CCC(NC3=C(F)C=CC(Cl)C3C)C3CC(C4=CCNCC4)=CC=C3C12. The van der Waals surface area contributed by atoms with Crippen molar-refractivity contribution in [2.75, 3.05) is 19.6 Å². The number of alkyl halides is 1. The molecule has 1 saturated heterocycles. The fraction of sp³-hybridized carbons (Fsp3) is 0.583. The average Bonchev–Trinajstić information content (AvgIpc) is 3.08. The van der Waals surface area contributed by atoms with E-state index in [0.717, 1.165) is 38.9 Å². The lowest BCUT2D eigenvalue weighted by atomic mass is 9.75. The Morgan fingerprint density at radius 3 is 2.94 bits per heavy atom. The van der Waals surface area contributed by atoms with Crippen LogP contribution in [0.2, 0.25) is 0 Å². The van der Waals surface area contributed by atoms with Gasteiger partial charge in [0.1, 0.15) is 5.83 Å². The van der Waals surface area contributed by atoms with Gasteiger partial charge in [-0.15, -0.1) is 11.6 Å². The monoisotopic (exact) mass is 443 g/mol. The highest BCUT2D eigenvalue weighted by Gasteiger charge is 2.43. The van der Waals surface area contributed by atoms with Gasteiger partial charge in [-0.1, -0.05) is 36.5 Å². The van der Waals surface area contributed by atoms with Crippen molar-refractivity contribution in [2.24, 2.45) is 22.2 Å². The number of halogens is 2. The molecule has 7 heteroatoms. The van der Waals surface area contributed by atoms with E-state index in [1.54, 1.807) is 6.08 Å². The van der Waals surface area contributed by atoms with Gasteiger partial charge in [-0.25, -0.2) is 4.39 Å². The van der Waals surface area contributed by atoms with Crippen molar-refractivity contribution < 1.29 is 4.39 Å². The second-order valence-corrected chi connectivity index (χ2v) is 9.80. The van der Waals surface area contributed by atoms with Gasteiger partial charge in [0, 0.05) is 31.0 Å². The van der Waals surface area contributed by atoms with Gasteiger partial charge in [-0.3, -0.25) is 5.01 Å². The van der Waals surface area contributed by atoms with Crippen molar-refractivity contribution in [3.05, 3.63) is 58.6 Å². The summed E-state index contributed by atoms with van der Waals surface area (Å²) in [5.74, 6) is 0.00999. The summed E-state index contributed by atoms with van der Waals surface area (Å²) in [6.45, 7) is 6.91. The van der Waals surface area contributed by atoms with Crippen molar-refractivity contribution in [3.8, 4) is 0 Å². The van der Waals surface area contributed by atoms with E-state index in [1.165, 1.54) is 22.8 Å². The molecule has 3 heterocycles. The molecule has 2 aliphatic carbocycles. The smallest absolute Gasteiger partial charge is 0.142 e. The summed E-state index contributed by atoms with van der Waals surface area (Å²) in [4.78, 5) is 0. The molecule has 0 aromatic heterocycles. The predicted octanol–water partition coefficient (Wildman–Crippen LogP) is 4.58. The van der Waals surface area contributed by atoms with E-state index in [4.69, 9.17) is 11.6 Å². The summed E-state index contributed by atoms with van der Waals surface area (Å²) in [6.07, 6.45) is 13.1. The molecule has 0 aromatic carbocycles. The Labute approximate surface area is 188 Å². The number of hydrogen-bond donors (Lipinski definition) is 2. The van der Waals surface area contributed by atoms with Crippen molar-refractivity contribution >= 4 is 11.6 Å². The zero-order chi connectivity index (χ0) is 21.5. The molecule has 0 bridgehead atoms.